The largest absolute Gasteiger partial charge is 0.359 e. The van der Waals surface area contributed by atoms with E-state index in [0.29, 0.717) is 13.0 Å². The van der Waals surface area contributed by atoms with Crippen molar-refractivity contribution in [1.82, 2.24) is 14.9 Å². The fourth-order valence-electron chi connectivity index (χ4n) is 3.27. The Balaban J connectivity index is 1.46. The van der Waals surface area contributed by atoms with Crippen LogP contribution in [0.5, 0.6) is 0 Å². The number of nitrogens with zero attached hydrogens (tertiary/aromatic N) is 1. The topological polar surface area (TPSA) is 105 Å². The van der Waals surface area contributed by atoms with E-state index >= 15 is 0 Å². The smallest absolute Gasteiger partial charge is 0.309 e. The number of carbonyl (C=O) groups excluding carboxylic acids is 2. The van der Waals surface area contributed by atoms with Gasteiger partial charge in [-0.05, 0) is 37.5 Å². The molecule has 2 aromatic rings. The lowest BCUT2D eigenvalue weighted by Gasteiger charge is -2.22. The summed E-state index contributed by atoms with van der Waals surface area (Å²) in [6.07, 6.45) is 0.642. The maximum absolute atomic E-state index is 12.9. The van der Waals surface area contributed by atoms with Crippen LogP contribution in [0.15, 0.2) is 59.5 Å². The maximum atomic E-state index is 12.9. The lowest BCUT2D eigenvalue weighted by Crippen LogP contribution is -2.47. The number of nitrogens with one attached hydrogen (secondary N) is 2. The van der Waals surface area contributed by atoms with Crippen molar-refractivity contribution in [2.24, 2.45) is 0 Å². The van der Waals surface area contributed by atoms with Gasteiger partial charge in [0.25, 0.3) is 0 Å². The second kappa shape index (κ2) is 10.5. The first-order chi connectivity index (χ1) is 14.9. The van der Waals surface area contributed by atoms with Gasteiger partial charge >= 0.3 is 11.8 Å². The second-order valence-electron chi connectivity index (χ2n) is 7.31. The molecule has 1 fully saturated rings. The summed E-state index contributed by atoms with van der Waals surface area (Å²) in [4.78, 5) is 24.2. The molecule has 0 radical (unpaired) electrons. The number of sulfonamides is 1. The molecule has 2 amide bonds. The Morgan fingerprint density at radius 2 is 1.71 bits per heavy atom. The Morgan fingerprint density at radius 3 is 2.42 bits per heavy atom. The quantitative estimate of drug-likeness (QED) is 0.469. The highest BCUT2D eigenvalue weighted by atomic mass is 32.2. The monoisotopic (exact) mass is 445 g/mol. The van der Waals surface area contributed by atoms with Crippen LogP contribution in [0.25, 0.3) is 0 Å². The average Bonchev–Trinajstić information content (AvgIpc) is 3.25. The summed E-state index contributed by atoms with van der Waals surface area (Å²) in [7, 11) is -3.76. The van der Waals surface area contributed by atoms with Crippen molar-refractivity contribution in [2.45, 2.75) is 30.9 Å². The van der Waals surface area contributed by atoms with Crippen LogP contribution >= 0.6 is 0 Å². The van der Waals surface area contributed by atoms with E-state index in [1.807, 2.05) is 37.3 Å². The van der Waals surface area contributed by atoms with Gasteiger partial charge < -0.3 is 15.4 Å². The highest BCUT2D eigenvalue weighted by Gasteiger charge is 2.36. The summed E-state index contributed by atoms with van der Waals surface area (Å²) >= 11 is 0. The third-order valence-electron chi connectivity index (χ3n) is 4.98. The normalized spacial score (nSPS) is 16.7. The first-order valence-corrected chi connectivity index (χ1v) is 11.6. The van der Waals surface area contributed by atoms with E-state index in [-0.39, 0.29) is 24.6 Å². The van der Waals surface area contributed by atoms with Gasteiger partial charge in [-0.2, -0.15) is 4.31 Å². The lowest BCUT2D eigenvalue weighted by molar-refractivity contribution is -0.139. The number of ether oxygens (including phenoxy) is 1. The molecule has 0 spiro atoms. The van der Waals surface area contributed by atoms with Gasteiger partial charge in [0.15, 0.2) is 0 Å². The molecule has 1 aliphatic rings. The molecular formula is C22H27N3O5S. The average molecular weight is 446 g/mol. The number of carbonyl (C=O) groups is 2. The first-order valence-electron chi connectivity index (χ1n) is 10.2. The van der Waals surface area contributed by atoms with Gasteiger partial charge in [0.1, 0.15) is 6.23 Å². The molecule has 0 unspecified atom stereocenters. The third kappa shape index (κ3) is 6.13. The van der Waals surface area contributed by atoms with Gasteiger partial charge in [-0.3, -0.25) is 9.59 Å². The van der Waals surface area contributed by atoms with Crippen molar-refractivity contribution < 1.29 is 22.7 Å². The molecule has 1 atom stereocenters. The SMILES string of the molecule is Cc1ccc(S(=O)(=O)N2CCO[C@@H]2CNC(=O)C(=O)NCCCc2ccccc2)cc1. The number of aryl methyl sites for hydroxylation is 2. The zero-order valence-electron chi connectivity index (χ0n) is 17.4. The van der Waals surface area contributed by atoms with Crippen LogP contribution in [0.4, 0.5) is 0 Å². The number of amides is 2. The molecule has 31 heavy (non-hydrogen) atoms. The molecule has 1 heterocycles. The van der Waals surface area contributed by atoms with Gasteiger partial charge in [0, 0.05) is 13.1 Å². The van der Waals surface area contributed by atoms with Gasteiger partial charge in [-0.15, -0.1) is 0 Å². The van der Waals surface area contributed by atoms with Crippen LogP contribution in [0.2, 0.25) is 0 Å². The minimum atomic E-state index is -3.76. The molecule has 1 saturated heterocycles. The Bertz CT molecular complexity index is 994. The lowest BCUT2D eigenvalue weighted by atomic mass is 10.1. The fourth-order valence-corrected chi connectivity index (χ4v) is 4.78. The molecule has 3 rings (SSSR count). The van der Waals surface area contributed by atoms with E-state index in [4.69, 9.17) is 4.74 Å². The summed E-state index contributed by atoms with van der Waals surface area (Å²) in [5.74, 6) is -1.57. The predicted molar refractivity (Wildman–Crippen MR) is 116 cm³/mol. The highest BCUT2D eigenvalue weighted by Crippen LogP contribution is 2.22. The molecule has 0 saturated carbocycles. The molecule has 2 N–H and O–H groups in total. The minimum Gasteiger partial charge on any atom is -0.359 e. The summed E-state index contributed by atoms with van der Waals surface area (Å²) in [6, 6.07) is 16.4. The van der Waals surface area contributed by atoms with E-state index in [9.17, 15) is 18.0 Å². The summed E-state index contributed by atoms with van der Waals surface area (Å²) in [5.41, 5.74) is 2.12. The van der Waals surface area contributed by atoms with E-state index in [1.54, 1.807) is 24.3 Å². The minimum absolute atomic E-state index is 0.110. The molecular weight excluding hydrogens is 418 g/mol. The van der Waals surface area contributed by atoms with Crippen LogP contribution < -0.4 is 10.6 Å². The van der Waals surface area contributed by atoms with Gasteiger partial charge in [-0.25, -0.2) is 8.42 Å². The summed E-state index contributed by atoms with van der Waals surface area (Å²) in [5, 5.41) is 5.04. The number of hydrogen-bond acceptors (Lipinski definition) is 5. The maximum Gasteiger partial charge on any atom is 0.309 e. The van der Waals surface area contributed by atoms with Crippen molar-refractivity contribution in [3.8, 4) is 0 Å². The molecule has 8 nitrogen and oxygen atoms in total. The van der Waals surface area contributed by atoms with Gasteiger partial charge in [0.05, 0.1) is 18.0 Å². The molecule has 0 aromatic heterocycles. The molecule has 166 valence electrons. The summed E-state index contributed by atoms with van der Waals surface area (Å²) < 4.78 is 32.4. The van der Waals surface area contributed by atoms with Crippen molar-refractivity contribution >= 4 is 21.8 Å². The van der Waals surface area contributed by atoms with Crippen LogP contribution in [0.1, 0.15) is 17.5 Å². The van der Waals surface area contributed by atoms with Crippen LogP contribution in [-0.4, -0.2) is 57.0 Å². The molecule has 0 aliphatic carbocycles. The van der Waals surface area contributed by atoms with Crippen molar-refractivity contribution in [3.63, 3.8) is 0 Å². The van der Waals surface area contributed by atoms with E-state index < -0.39 is 28.1 Å². The molecule has 2 aromatic carbocycles. The van der Waals surface area contributed by atoms with Gasteiger partial charge in [-0.1, -0.05) is 48.0 Å². The Morgan fingerprint density at radius 1 is 1.03 bits per heavy atom. The number of rotatable bonds is 8. The molecule has 9 heteroatoms. The van der Waals surface area contributed by atoms with Crippen LogP contribution in [0, 0.1) is 6.92 Å². The third-order valence-corrected chi connectivity index (χ3v) is 6.89. The standard InChI is InChI=1S/C22H27N3O5S/c1-17-9-11-19(12-10-17)31(28,29)25-14-15-30-20(25)16-24-22(27)21(26)23-13-5-8-18-6-3-2-4-7-18/h2-4,6-7,9-12,20H,5,8,13-16H2,1H3,(H,23,26)(H,24,27)/t20-/m1/s1. The van der Waals surface area contributed by atoms with Crippen molar-refractivity contribution in [2.75, 3.05) is 26.2 Å². The van der Waals surface area contributed by atoms with Crippen LogP contribution in [-0.2, 0) is 30.8 Å². The molecule has 0 bridgehead atoms. The fraction of sp³-hybridized carbons (Fsp3) is 0.364. The van der Waals surface area contributed by atoms with Crippen molar-refractivity contribution in [3.05, 3.63) is 65.7 Å². The number of hydrogen-bond donors (Lipinski definition) is 2. The molecule has 1 aliphatic heterocycles. The Labute approximate surface area is 182 Å². The zero-order chi connectivity index (χ0) is 22.3. The highest BCUT2D eigenvalue weighted by molar-refractivity contribution is 7.89. The number of benzene rings is 2. The van der Waals surface area contributed by atoms with Crippen molar-refractivity contribution in [1.29, 1.82) is 0 Å². The van der Waals surface area contributed by atoms with E-state index in [2.05, 4.69) is 10.6 Å². The Kier molecular flexibility index (Phi) is 7.78. The van der Waals surface area contributed by atoms with E-state index in [0.717, 1.165) is 17.5 Å². The van der Waals surface area contributed by atoms with Gasteiger partial charge in [0.2, 0.25) is 10.0 Å². The second-order valence-corrected chi connectivity index (χ2v) is 9.20. The van der Waals surface area contributed by atoms with E-state index in [1.165, 1.54) is 4.31 Å². The summed E-state index contributed by atoms with van der Waals surface area (Å²) in [6.45, 7) is 2.54. The Hall–Kier alpha value is -2.75. The zero-order valence-corrected chi connectivity index (χ0v) is 18.2. The predicted octanol–water partition coefficient (Wildman–Crippen LogP) is 1.21. The van der Waals surface area contributed by atoms with Crippen LogP contribution in [0.3, 0.4) is 0 Å². The first kappa shape index (κ1) is 22.9.